The molecule has 0 N–H and O–H groups in total. The van der Waals surface area contributed by atoms with E-state index in [-0.39, 0.29) is 0 Å². The molecule has 2 nitrogen and oxygen atoms in total. The van der Waals surface area contributed by atoms with E-state index in [4.69, 9.17) is 10.1 Å². The van der Waals surface area contributed by atoms with E-state index in [0.29, 0.717) is 5.92 Å². The number of fused-ring (bicyclic) bond motifs is 2. The molecule has 1 radical (unpaired) electrons. The first-order valence-corrected chi connectivity index (χ1v) is 7.41. The van der Waals surface area contributed by atoms with E-state index in [9.17, 15) is 0 Å². The zero-order valence-electron chi connectivity index (χ0n) is 12.1. The number of hydrogen-bond donors (Lipinski definition) is 0. The Morgan fingerprint density at radius 2 is 1.85 bits per heavy atom. The second kappa shape index (κ2) is 5.58. The lowest BCUT2D eigenvalue weighted by molar-refractivity contribution is 0.469. The van der Waals surface area contributed by atoms with E-state index in [1.54, 1.807) is 0 Å². The molecule has 0 spiro atoms. The van der Waals surface area contributed by atoms with Gasteiger partial charge < -0.3 is 4.74 Å². The van der Waals surface area contributed by atoms with Crippen molar-refractivity contribution in [3.05, 3.63) is 48.0 Å². The van der Waals surface area contributed by atoms with Crippen molar-refractivity contribution in [1.29, 1.82) is 0 Å². The van der Waals surface area contributed by atoms with Crippen molar-refractivity contribution in [2.75, 3.05) is 0 Å². The monoisotopic (exact) mass is 266 g/mol. The normalized spacial score (nSPS) is 13.7. The molecule has 0 aromatic heterocycles. The van der Waals surface area contributed by atoms with E-state index < -0.39 is 0 Å². The molecular weight excluding hydrogens is 246 g/mol. The predicted octanol–water partition coefficient (Wildman–Crippen LogP) is 5.65. The zero-order valence-corrected chi connectivity index (χ0v) is 12.1. The van der Waals surface area contributed by atoms with Crippen molar-refractivity contribution >= 4 is 11.4 Å². The first-order valence-electron chi connectivity index (χ1n) is 7.41. The Balaban J connectivity index is 1.93. The summed E-state index contributed by atoms with van der Waals surface area (Å²) in [4.78, 5) is 0. The van der Waals surface area contributed by atoms with E-state index in [1.165, 1.54) is 24.8 Å². The molecule has 0 fully saturated rings. The maximum atomic E-state index is 5.98. The van der Waals surface area contributed by atoms with Gasteiger partial charge >= 0.3 is 0 Å². The minimum Gasteiger partial charge on any atom is -0.453 e. The Kier molecular flexibility index (Phi) is 3.64. The van der Waals surface area contributed by atoms with Gasteiger partial charge in [-0.25, -0.2) is 5.32 Å². The molecule has 1 unspecified atom stereocenters. The van der Waals surface area contributed by atoms with Gasteiger partial charge in [0.25, 0.3) is 0 Å². The van der Waals surface area contributed by atoms with Crippen molar-refractivity contribution in [3.63, 3.8) is 0 Å². The predicted molar refractivity (Wildman–Crippen MR) is 82.4 cm³/mol. The van der Waals surface area contributed by atoms with Crippen LogP contribution in [0.25, 0.3) is 0 Å². The summed E-state index contributed by atoms with van der Waals surface area (Å²) in [6, 6.07) is 14.2. The van der Waals surface area contributed by atoms with E-state index in [1.807, 2.05) is 30.3 Å². The number of unbranched alkanes of at least 4 members (excludes halogenated alkanes) is 1. The summed E-state index contributed by atoms with van der Waals surface area (Å²) in [6.45, 7) is 4.51. The van der Waals surface area contributed by atoms with E-state index in [0.717, 1.165) is 22.9 Å². The van der Waals surface area contributed by atoms with Gasteiger partial charge in [-0.3, -0.25) is 0 Å². The van der Waals surface area contributed by atoms with Gasteiger partial charge in [0, 0.05) is 0 Å². The van der Waals surface area contributed by atoms with Crippen LogP contribution in [-0.2, 0) is 0 Å². The summed E-state index contributed by atoms with van der Waals surface area (Å²) in [7, 11) is 0. The van der Waals surface area contributed by atoms with Crippen LogP contribution >= 0.6 is 0 Å². The van der Waals surface area contributed by atoms with Crippen molar-refractivity contribution < 1.29 is 4.74 Å². The number of nitrogens with zero attached hydrogens (tertiary/aromatic N) is 1. The summed E-state index contributed by atoms with van der Waals surface area (Å²) in [5.41, 5.74) is 3.23. The second-order valence-corrected chi connectivity index (χ2v) is 5.42. The molecule has 3 rings (SSSR count). The van der Waals surface area contributed by atoms with Gasteiger partial charge in [0.15, 0.2) is 11.5 Å². The van der Waals surface area contributed by atoms with Crippen LogP contribution < -0.4 is 10.1 Å². The van der Waals surface area contributed by atoms with Crippen LogP contribution in [0.4, 0.5) is 11.4 Å². The molecule has 1 aliphatic rings. The minimum atomic E-state index is 0.516. The molecule has 103 valence electrons. The fourth-order valence-electron chi connectivity index (χ4n) is 2.68. The maximum absolute atomic E-state index is 5.98. The van der Waals surface area contributed by atoms with Gasteiger partial charge in [0.1, 0.15) is 11.4 Å². The van der Waals surface area contributed by atoms with Gasteiger partial charge in [-0.1, -0.05) is 51.0 Å². The highest BCUT2D eigenvalue weighted by Gasteiger charge is 2.22. The zero-order chi connectivity index (χ0) is 13.9. The van der Waals surface area contributed by atoms with E-state index >= 15 is 0 Å². The lowest BCUT2D eigenvalue weighted by Crippen LogP contribution is -2.06. The third-order valence-corrected chi connectivity index (χ3v) is 3.87. The third kappa shape index (κ3) is 2.38. The van der Waals surface area contributed by atoms with Gasteiger partial charge in [-0.2, -0.15) is 0 Å². The van der Waals surface area contributed by atoms with Crippen LogP contribution in [0.15, 0.2) is 42.5 Å². The van der Waals surface area contributed by atoms with E-state index in [2.05, 4.69) is 26.0 Å². The minimum absolute atomic E-state index is 0.516. The molecule has 0 amide bonds. The number of ether oxygens (including phenoxy) is 1. The highest BCUT2D eigenvalue weighted by Crippen LogP contribution is 2.45. The first-order chi connectivity index (χ1) is 9.79. The van der Waals surface area contributed by atoms with Gasteiger partial charge in [0.2, 0.25) is 0 Å². The lowest BCUT2D eigenvalue weighted by atomic mass is 9.93. The largest absolute Gasteiger partial charge is 0.453 e. The smallest absolute Gasteiger partial charge is 0.153 e. The lowest BCUT2D eigenvalue weighted by Gasteiger charge is -2.24. The number of hydrogen-bond acceptors (Lipinski definition) is 1. The summed E-state index contributed by atoms with van der Waals surface area (Å²) in [6.07, 6.45) is 3.68. The average molecular weight is 266 g/mol. The van der Waals surface area contributed by atoms with Crippen molar-refractivity contribution in [2.45, 2.75) is 39.0 Å². The van der Waals surface area contributed by atoms with Gasteiger partial charge in [0.05, 0.1) is 0 Å². The fourth-order valence-corrected chi connectivity index (χ4v) is 2.68. The molecule has 2 aromatic rings. The molecule has 1 atom stereocenters. The molecule has 0 aliphatic carbocycles. The van der Waals surface area contributed by atoms with Crippen LogP contribution in [0.3, 0.4) is 0 Å². The topological polar surface area (TPSA) is 23.3 Å². The van der Waals surface area contributed by atoms with Crippen LogP contribution in [-0.4, -0.2) is 0 Å². The summed E-state index contributed by atoms with van der Waals surface area (Å²) < 4.78 is 5.98. The average Bonchev–Trinajstić information content (AvgIpc) is 2.50. The Labute approximate surface area is 120 Å². The summed E-state index contributed by atoms with van der Waals surface area (Å²) >= 11 is 0. The molecule has 2 aromatic carbocycles. The number of benzene rings is 2. The molecule has 0 saturated heterocycles. The van der Waals surface area contributed by atoms with Gasteiger partial charge in [-0.15, -0.1) is 0 Å². The SMILES string of the molecule is CCCCC(C)c1cccc2c1[N]c1ccccc1O2. The second-order valence-electron chi connectivity index (χ2n) is 5.42. The summed E-state index contributed by atoms with van der Waals surface area (Å²) in [5.74, 6) is 2.24. The van der Waals surface area contributed by atoms with Crippen LogP contribution in [0.2, 0.25) is 0 Å². The van der Waals surface area contributed by atoms with Crippen molar-refractivity contribution in [1.82, 2.24) is 5.32 Å². The molecule has 0 saturated carbocycles. The van der Waals surface area contributed by atoms with Crippen LogP contribution in [0, 0.1) is 0 Å². The van der Waals surface area contributed by atoms with Crippen molar-refractivity contribution in [3.8, 4) is 11.5 Å². The summed E-state index contributed by atoms with van der Waals surface area (Å²) in [5, 5.41) is 4.81. The molecule has 0 bridgehead atoms. The Bertz CT molecular complexity index is 606. The molecule has 1 heterocycles. The highest BCUT2D eigenvalue weighted by atomic mass is 16.5. The Morgan fingerprint density at radius 3 is 2.70 bits per heavy atom. The number of para-hydroxylation sites is 3. The molecular formula is C18H20NO. The molecule has 1 aliphatic heterocycles. The third-order valence-electron chi connectivity index (χ3n) is 3.87. The Morgan fingerprint density at radius 1 is 1.05 bits per heavy atom. The molecule has 20 heavy (non-hydrogen) atoms. The number of rotatable bonds is 4. The van der Waals surface area contributed by atoms with Crippen molar-refractivity contribution in [2.24, 2.45) is 0 Å². The first kappa shape index (κ1) is 13.0. The van der Waals surface area contributed by atoms with Crippen LogP contribution in [0.1, 0.15) is 44.6 Å². The molecule has 2 heteroatoms. The van der Waals surface area contributed by atoms with Crippen LogP contribution in [0.5, 0.6) is 11.5 Å². The quantitative estimate of drug-likeness (QED) is 0.598. The Hall–Kier alpha value is -1.96. The highest BCUT2D eigenvalue weighted by molar-refractivity contribution is 5.70. The fraction of sp³-hybridized carbons (Fsp3) is 0.333. The standard InChI is InChI=1S/C18H20NO/c1-3-4-8-13(2)14-9-7-12-17-18(14)19-15-10-5-6-11-16(15)20-17/h5-7,9-13H,3-4,8H2,1-2H3. The van der Waals surface area contributed by atoms with Gasteiger partial charge in [-0.05, 0) is 36.1 Å². The maximum Gasteiger partial charge on any atom is 0.153 e.